The van der Waals surface area contributed by atoms with Gasteiger partial charge in [0.05, 0.1) is 12.7 Å². The molecule has 0 fully saturated rings. The van der Waals surface area contributed by atoms with Crippen molar-refractivity contribution in [3.05, 3.63) is 35.4 Å². The minimum Gasteiger partial charge on any atom is -0.395 e. The molecule has 84 valence electrons. The Kier molecular flexibility index (Phi) is 4.75. The smallest absolute Gasteiger partial charge is 0.0916 e. The Bertz CT molecular complexity index is 301. The quantitative estimate of drug-likeness (QED) is 0.759. The zero-order chi connectivity index (χ0) is 11.3. The molecule has 0 spiro atoms. The molecule has 1 aromatic rings. The summed E-state index contributed by atoms with van der Waals surface area (Å²) < 4.78 is 0. The van der Waals surface area contributed by atoms with Crippen molar-refractivity contribution >= 4 is 0 Å². The summed E-state index contributed by atoms with van der Waals surface area (Å²) in [6.45, 7) is 3.26. The highest BCUT2D eigenvalue weighted by atomic mass is 16.3. The molecule has 0 amide bonds. The van der Waals surface area contributed by atoms with E-state index in [4.69, 9.17) is 5.11 Å². The maximum Gasteiger partial charge on any atom is 0.0916 e. The fourth-order valence-corrected chi connectivity index (χ4v) is 1.54. The van der Waals surface area contributed by atoms with E-state index in [1.165, 1.54) is 0 Å². The SMILES string of the molecule is Cc1cccc(C(O)CN(C)CCO)c1. The highest BCUT2D eigenvalue weighted by Crippen LogP contribution is 2.14. The molecule has 1 atom stereocenters. The molecule has 2 N–H and O–H groups in total. The van der Waals surface area contributed by atoms with E-state index < -0.39 is 6.10 Å². The molecule has 1 unspecified atom stereocenters. The number of benzene rings is 1. The molecule has 0 heterocycles. The first-order valence-electron chi connectivity index (χ1n) is 5.17. The van der Waals surface area contributed by atoms with Gasteiger partial charge in [-0.05, 0) is 19.5 Å². The first-order valence-corrected chi connectivity index (χ1v) is 5.17. The zero-order valence-corrected chi connectivity index (χ0v) is 9.35. The third kappa shape index (κ3) is 4.00. The van der Waals surface area contributed by atoms with Gasteiger partial charge in [0.1, 0.15) is 0 Å². The monoisotopic (exact) mass is 209 g/mol. The molecule has 3 nitrogen and oxygen atoms in total. The fourth-order valence-electron chi connectivity index (χ4n) is 1.54. The fraction of sp³-hybridized carbons (Fsp3) is 0.500. The van der Waals surface area contributed by atoms with E-state index in [1.807, 2.05) is 43.1 Å². The van der Waals surface area contributed by atoms with Crippen LogP contribution < -0.4 is 0 Å². The molecule has 1 rings (SSSR count). The lowest BCUT2D eigenvalue weighted by Gasteiger charge is -2.19. The topological polar surface area (TPSA) is 43.7 Å². The van der Waals surface area contributed by atoms with Gasteiger partial charge in [0.15, 0.2) is 0 Å². The maximum absolute atomic E-state index is 9.92. The van der Waals surface area contributed by atoms with Crippen LogP contribution in [0.15, 0.2) is 24.3 Å². The van der Waals surface area contributed by atoms with Crippen molar-refractivity contribution in [3.63, 3.8) is 0 Å². The number of aliphatic hydroxyl groups is 2. The van der Waals surface area contributed by atoms with Crippen molar-refractivity contribution in [1.29, 1.82) is 0 Å². The lowest BCUT2D eigenvalue weighted by molar-refractivity contribution is 0.115. The number of nitrogens with zero attached hydrogens (tertiary/aromatic N) is 1. The molecule has 15 heavy (non-hydrogen) atoms. The zero-order valence-electron chi connectivity index (χ0n) is 9.35. The van der Waals surface area contributed by atoms with E-state index in [0.29, 0.717) is 13.1 Å². The molecule has 0 bridgehead atoms. The van der Waals surface area contributed by atoms with Crippen LogP contribution in [0.2, 0.25) is 0 Å². The molecule has 0 saturated carbocycles. The Labute approximate surface area is 91.0 Å². The molecule has 0 aromatic heterocycles. The van der Waals surface area contributed by atoms with Gasteiger partial charge in [-0.1, -0.05) is 29.8 Å². The van der Waals surface area contributed by atoms with Crippen LogP contribution in [0.4, 0.5) is 0 Å². The highest BCUT2D eigenvalue weighted by Gasteiger charge is 2.09. The van der Waals surface area contributed by atoms with Crippen molar-refractivity contribution in [3.8, 4) is 0 Å². The number of hydrogen-bond acceptors (Lipinski definition) is 3. The van der Waals surface area contributed by atoms with Crippen molar-refractivity contribution in [2.24, 2.45) is 0 Å². The summed E-state index contributed by atoms with van der Waals surface area (Å²) in [5.74, 6) is 0. The summed E-state index contributed by atoms with van der Waals surface area (Å²) in [7, 11) is 1.88. The van der Waals surface area contributed by atoms with Gasteiger partial charge in [0, 0.05) is 13.1 Å². The largest absolute Gasteiger partial charge is 0.395 e. The third-order valence-corrected chi connectivity index (χ3v) is 2.39. The number of hydrogen-bond donors (Lipinski definition) is 2. The average Bonchev–Trinajstić information content (AvgIpc) is 2.18. The van der Waals surface area contributed by atoms with E-state index in [-0.39, 0.29) is 6.61 Å². The van der Waals surface area contributed by atoms with Crippen LogP contribution in [0, 0.1) is 6.92 Å². The second-order valence-corrected chi connectivity index (χ2v) is 3.92. The van der Waals surface area contributed by atoms with Crippen molar-refractivity contribution in [1.82, 2.24) is 4.90 Å². The Hall–Kier alpha value is -0.900. The number of likely N-dealkylation sites (N-methyl/N-ethyl adjacent to an activating group) is 1. The van der Waals surface area contributed by atoms with Crippen molar-refractivity contribution in [2.45, 2.75) is 13.0 Å². The average molecular weight is 209 g/mol. The minimum absolute atomic E-state index is 0.122. The molecular formula is C12H19NO2. The second-order valence-electron chi connectivity index (χ2n) is 3.92. The summed E-state index contributed by atoms with van der Waals surface area (Å²) in [6, 6.07) is 7.86. The molecule has 1 aromatic carbocycles. The Morgan fingerprint density at radius 1 is 1.40 bits per heavy atom. The van der Waals surface area contributed by atoms with Gasteiger partial charge >= 0.3 is 0 Å². The highest BCUT2D eigenvalue weighted by molar-refractivity contribution is 5.24. The molecule has 3 heteroatoms. The van der Waals surface area contributed by atoms with Crippen LogP contribution in [0.1, 0.15) is 17.2 Å². The Morgan fingerprint density at radius 2 is 2.13 bits per heavy atom. The molecule has 0 radical (unpaired) electrons. The standard InChI is InChI=1S/C12H19NO2/c1-10-4-3-5-11(8-10)12(15)9-13(2)6-7-14/h3-5,8,12,14-15H,6-7,9H2,1-2H3. The van der Waals surface area contributed by atoms with E-state index >= 15 is 0 Å². The van der Waals surface area contributed by atoms with Gasteiger partial charge in [-0.15, -0.1) is 0 Å². The van der Waals surface area contributed by atoms with Crippen LogP contribution in [-0.2, 0) is 0 Å². The predicted octanol–water partition coefficient (Wildman–Crippen LogP) is 0.953. The van der Waals surface area contributed by atoms with Gasteiger partial charge in [-0.3, -0.25) is 0 Å². The van der Waals surface area contributed by atoms with Crippen molar-refractivity contribution in [2.75, 3.05) is 26.7 Å². The summed E-state index contributed by atoms with van der Waals surface area (Å²) >= 11 is 0. The third-order valence-electron chi connectivity index (χ3n) is 2.39. The minimum atomic E-state index is -0.485. The van der Waals surface area contributed by atoms with Gasteiger partial charge < -0.3 is 15.1 Å². The molecule has 0 saturated heterocycles. The molecule has 0 aliphatic rings. The van der Waals surface area contributed by atoms with E-state index in [2.05, 4.69) is 0 Å². The number of aliphatic hydroxyl groups excluding tert-OH is 2. The summed E-state index contributed by atoms with van der Waals surface area (Å²) in [4.78, 5) is 1.91. The number of aryl methyl sites for hydroxylation is 1. The van der Waals surface area contributed by atoms with Crippen LogP contribution in [-0.4, -0.2) is 41.9 Å². The van der Waals surface area contributed by atoms with Crippen LogP contribution >= 0.6 is 0 Å². The van der Waals surface area contributed by atoms with Crippen molar-refractivity contribution < 1.29 is 10.2 Å². The summed E-state index contributed by atoms with van der Waals surface area (Å²) in [6.07, 6.45) is -0.485. The van der Waals surface area contributed by atoms with E-state index in [1.54, 1.807) is 0 Å². The van der Waals surface area contributed by atoms with E-state index in [0.717, 1.165) is 11.1 Å². The van der Waals surface area contributed by atoms with Gasteiger partial charge in [-0.25, -0.2) is 0 Å². The number of rotatable bonds is 5. The van der Waals surface area contributed by atoms with Gasteiger partial charge in [0.2, 0.25) is 0 Å². The van der Waals surface area contributed by atoms with E-state index in [9.17, 15) is 5.11 Å². The normalized spacial score (nSPS) is 13.1. The lowest BCUT2D eigenvalue weighted by Crippen LogP contribution is -2.27. The van der Waals surface area contributed by atoms with Crippen LogP contribution in [0.5, 0.6) is 0 Å². The lowest BCUT2D eigenvalue weighted by atomic mass is 10.1. The Balaban J connectivity index is 2.56. The Morgan fingerprint density at radius 3 is 2.73 bits per heavy atom. The first-order chi connectivity index (χ1) is 7.13. The second kappa shape index (κ2) is 5.85. The van der Waals surface area contributed by atoms with Gasteiger partial charge in [0.25, 0.3) is 0 Å². The molecule has 0 aliphatic carbocycles. The predicted molar refractivity (Wildman–Crippen MR) is 60.7 cm³/mol. The van der Waals surface area contributed by atoms with Crippen LogP contribution in [0.3, 0.4) is 0 Å². The maximum atomic E-state index is 9.92. The molecular weight excluding hydrogens is 190 g/mol. The van der Waals surface area contributed by atoms with Gasteiger partial charge in [-0.2, -0.15) is 0 Å². The summed E-state index contributed by atoms with van der Waals surface area (Å²) in [5.41, 5.74) is 2.08. The molecule has 0 aliphatic heterocycles. The summed E-state index contributed by atoms with van der Waals surface area (Å²) in [5, 5.41) is 18.7. The van der Waals surface area contributed by atoms with Crippen LogP contribution in [0.25, 0.3) is 0 Å². The first kappa shape index (κ1) is 12.2.